The minimum absolute atomic E-state index is 0.141. The van der Waals surface area contributed by atoms with E-state index >= 15 is 0 Å². The summed E-state index contributed by atoms with van der Waals surface area (Å²) >= 11 is 0. The van der Waals surface area contributed by atoms with Gasteiger partial charge in [-0.15, -0.1) is 0 Å². The largest absolute Gasteiger partial charge is 0.452 e. The lowest BCUT2D eigenvalue weighted by atomic mass is 10.1. The van der Waals surface area contributed by atoms with Crippen molar-refractivity contribution < 1.29 is 27.5 Å². The number of alkyl halides is 3. The molecule has 0 fully saturated rings. The summed E-state index contributed by atoms with van der Waals surface area (Å²) < 4.78 is 45.0. The zero-order valence-corrected chi connectivity index (χ0v) is 14.6. The number of nitrogens with one attached hydrogen (secondary N) is 1. The molecule has 2 aromatic rings. The molecule has 27 heavy (non-hydrogen) atoms. The van der Waals surface area contributed by atoms with Crippen LogP contribution >= 0.6 is 0 Å². The first-order valence-electron chi connectivity index (χ1n) is 7.92. The Bertz CT molecular complexity index is 846. The maximum atomic E-state index is 13.0. The Morgan fingerprint density at radius 3 is 2.67 bits per heavy atom. The molecule has 0 spiro atoms. The number of anilines is 1. The number of esters is 1. The first kappa shape index (κ1) is 20.1. The summed E-state index contributed by atoms with van der Waals surface area (Å²) in [5.41, 5.74) is -0.563. The molecule has 0 aliphatic heterocycles. The molecule has 2 rings (SSSR count). The summed E-state index contributed by atoms with van der Waals surface area (Å²) in [6.07, 6.45) is 0.147. The monoisotopic (exact) mass is 382 g/mol. The highest BCUT2D eigenvalue weighted by Crippen LogP contribution is 2.33. The predicted molar refractivity (Wildman–Crippen MR) is 90.0 cm³/mol. The van der Waals surface area contributed by atoms with Crippen molar-refractivity contribution in [2.45, 2.75) is 26.4 Å². The zero-order chi connectivity index (χ0) is 20.0. The normalized spacial score (nSPS) is 12.0. The number of halogens is 3. The molecule has 0 bridgehead atoms. The van der Waals surface area contributed by atoms with Crippen LogP contribution in [0, 0.1) is 0 Å². The molecule has 1 N–H and O–H groups in total. The molecule has 1 aromatic heterocycles. The number of carbonyl (C=O) groups is 2. The van der Waals surface area contributed by atoms with Crippen LogP contribution in [0.4, 0.5) is 18.9 Å². The highest BCUT2D eigenvalue weighted by molar-refractivity contribution is 5.96. The third-order valence-corrected chi connectivity index (χ3v) is 3.43. The molecule has 1 amide bonds. The van der Waals surface area contributed by atoms with Gasteiger partial charge in [-0.2, -0.15) is 18.3 Å². The van der Waals surface area contributed by atoms with Gasteiger partial charge in [0.1, 0.15) is 12.7 Å². The summed E-state index contributed by atoms with van der Waals surface area (Å²) in [6.45, 7) is 2.74. The molecule has 10 heteroatoms. The third kappa shape index (κ3) is 5.40. The summed E-state index contributed by atoms with van der Waals surface area (Å²) in [5.74, 6) is -1.46. The lowest BCUT2D eigenvalue weighted by Crippen LogP contribution is -2.22. The molecule has 1 aromatic carbocycles. The average Bonchev–Trinajstić information content (AvgIpc) is 3.13. The van der Waals surface area contributed by atoms with Crippen molar-refractivity contribution in [3.05, 3.63) is 48.1 Å². The summed E-state index contributed by atoms with van der Waals surface area (Å²) in [4.78, 5) is 27.5. The van der Waals surface area contributed by atoms with Crippen molar-refractivity contribution in [3.8, 4) is 5.69 Å². The molecule has 0 saturated heterocycles. The van der Waals surface area contributed by atoms with E-state index in [-0.39, 0.29) is 11.4 Å². The lowest BCUT2D eigenvalue weighted by Gasteiger charge is -2.14. The van der Waals surface area contributed by atoms with E-state index in [1.165, 1.54) is 17.3 Å². The molecule has 0 aliphatic rings. The third-order valence-electron chi connectivity index (χ3n) is 3.43. The van der Waals surface area contributed by atoms with Gasteiger partial charge in [0.15, 0.2) is 6.61 Å². The molecule has 1 heterocycles. The Labute approximate surface area is 152 Å². The maximum absolute atomic E-state index is 13.0. The van der Waals surface area contributed by atoms with E-state index < -0.39 is 30.2 Å². The molecule has 0 atom stereocenters. The van der Waals surface area contributed by atoms with Crippen LogP contribution in [-0.2, 0) is 20.5 Å². The van der Waals surface area contributed by atoms with E-state index in [1.807, 2.05) is 6.92 Å². The number of aromatic nitrogens is 3. The zero-order valence-electron chi connectivity index (χ0n) is 14.6. The van der Waals surface area contributed by atoms with Crippen molar-refractivity contribution in [3.63, 3.8) is 0 Å². The molecular formula is C17H17F3N4O3. The van der Waals surface area contributed by atoms with Crippen LogP contribution in [0.15, 0.2) is 42.5 Å². The van der Waals surface area contributed by atoms with Crippen LogP contribution in [0.3, 0.4) is 0 Å². The van der Waals surface area contributed by atoms with Gasteiger partial charge >= 0.3 is 12.1 Å². The van der Waals surface area contributed by atoms with Crippen molar-refractivity contribution in [1.29, 1.82) is 0 Å². The van der Waals surface area contributed by atoms with E-state index in [0.717, 1.165) is 18.2 Å². The highest BCUT2D eigenvalue weighted by Gasteiger charge is 2.31. The summed E-state index contributed by atoms with van der Waals surface area (Å²) in [6, 6.07) is 2.80. The molecule has 0 saturated carbocycles. The van der Waals surface area contributed by atoms with Crippen LogP contribution < -0.4 is 5.32 Å². The minimum Gasteiger partial charge on any atom is -0.452 e. The van der Waals surface area contributed by atoms with Crippen LogP contribution in [0.25, 0.3) is 5.69 Å². The van der Waals surface area contributed by atoms with Gasteiger partial charge in [0.25, 0.3) is 5.91 Å². The van der Waals surface area contributed by atoms with Crippen LogP contribution in [-0.4, -0.2) is 33.2 Å². The van der Waals surface area contributed by atoms with Gasteiger partial charge in [-0.25, -0.2) is 14.5 Å². The van der Waals surface area contributed by atoms with Crippen LogP contribution in [0.2, 0.25) is 0 Å². The lowest BCUT2D eigenvalue weighted by molar-refractivity contribution is -0.143. The molecule has 144 valence electrons. The van der Waals surface area contributed by atoms with Crippen molar-refractivity contribution >= 4 is 17.6 Å². The van der Waals surface area contributed by atoms with E-state index in [2.05, 4.69) is 15.4 Å². The molecular weight excluding hydrogens is 365 g/mol. The highest BCUT2D eigenvalue weighted by atomic mass is 19.4. The Balaban J connectivity index is 2.19. The van der Waals surface area contributed by atoms with Gasteiger partial charge in [-0.3, -0.25) is 4.79 Å². The summed E-state index contributed by atoms with van der Waals surface area (Å²) in [5, 5.41) is 6.16. The first-order chi connectivity index (χ1) is 12.7. The van der Waals surface area contributed by atoms with Gasteiger partial charge < -0.3 is 10.1 Å². The fourth-order valence-corrected chi connectivity index (χ4v) is 2.17. The molecule has 0 aliphatic carbocycles. The fourth-order valence-electron chi connectivity index (χ4n) is 2.17. The number of benzene rings is 1. The number of hydrogen-bond donors (Lipinski definition) is 1. The smallest absolute Gasteiger partial charge is 0.416 e. The second kappa shape index (κ2) is 8.47. The van der Waals surface area contributed by atoms with E-state index in [0.29, 0.717) is 12.0 Å². The Kier molecular flexibility index (Phi) is 6.32. The number of carbonyl (C=O) groups excluding carboxylic acids is 2. The second-order valence-electron chi connectivity index (χ2n) is 5.49. The number of ether oxygens (including phenoxy) is 1. The van der Waals surface area contributed by atoms with Crippen LogP contribution in [0.1, 0.15) is 25.8 Å². The molecule has 7 nitrogen and oxygen atoms in total. The Hall–Kier alpha value is -3.17. The van der Waals surface area contributed by atoms with Gasteiger partial charge in [-0.1, -0.05) is 13.0 Å². The van der Waals surface area contributed by atoms with Gasteiger partial charge in [0, 0.05) is 5.57 Å². The van der Waals surface area contributed by atoms with Gasteiger partial charge in [-0.05, 0) is 31.5 Å². The van der Waals surface area contributed by atoms with E-state index in [9.17, 15) is 22.8 Å². The van der Waals surface area contributed by atoms with E-state index in [1.54, 1.807) is 13.0 Å². The van der Waals surface area contributed by atoms with Crippen molar-refractivity contribution in [2.75, 3.05) is 11.9 Å². The first-order valence-corrected chi connectivity index (χ1v) is 7.92. The SMILES string of the molecule is CC/C=C(/C)C(=O)OCC(=O)Nc1cc(C(F)(F)F)ccc1-n1cncn1. The number of hydrogen-bond acceptors (Lipinski definition) is 5. The Morgan fingerprint density at radius 1 is 1.33 bits per heavy atom. The molecule has 0 unspecified atom stereocenters. The fraction of sp³-hybridized carbons (Fsp3) is 0.294. The number of rotatable bonds is 6. The Morgan fingerprint density at radius 2 is 2.07 bits per heavy atom. The van der Waals surface area contributed by atoms with Gasteiger partial charge in [0.2, 0.25) is 0 Å². The predicted octanol–water partition coefficient (Wildman–Crippen LogP) is 3.12. The standard InChI is InChI=1S/C17H17F3N4O3/c1-3-4-11(2)16(26)27-8-15(25)23-13-7-12(17(18,19)20)5-6-14(13)24-10-21-9-22-24/h4-7,9-10H,3,8H2,1-2H3,(H,23,25)/b11-4-. The topological polar surface area (TPSA) is 86.1 Å². The number of amides is 1. The van der Waals surface area contributed by atoms with Gasteiger partial charge in [0.05, 0.1) is 16.9 Å². The second-order valence-corrected chi connectivity index (χ2v) is 5.49. The van der Waals surface area contributed by atoms with Crippen LogP contribution in [0.5, 0.6) is 0 Å². The molecule has 0 radical (unpaired) electrons. The number of nitrogens with zero attached hydrogens (tertiary/aromatic N) is 3. The number of allylic oxidation sites excluding steroid dienone is 1. The van der Waals surface area contributed by atoms with E-state index in [4.69, 9.17) is 4.74 Å². The maximum Gasteiger partial charge on any atom is 0.416 e. The minimum atomic E-state index is -4.59. The van der Waals surface area contributed by atoms with Crippen molar-refractivity contribution in [2.24, 2.45) is 0 Å². The summed E-state index contributed by atoms with van der Waals surface area (Å²) in [7, 11) is 0. The average molecular weight is 382 g/mol. The quantitative estimate of drug-likeness (QED) is 0.613. The van der Waals surface area contributed by atoms with Crippen molar-refractivity contribution in [1.82, 2.24) is 14.8 Å².